The second-order valence-electron chi connectivity index (χ2n) is 12.4. The van der Waals surface area contributed by atoms with Gasteiger partial charge >= 0.3 is 0 Å². The Bertz CT molecular complexity index is 1630. The van der Waals surface area contributed by atoms with Crippen LogP contribution in [0.5, 0.6) is 0 Å². The number of anilines is 1. The number of nitrogens with zero attached hydrogens (tertiary/aromatic N) is 3. The number of furan rings is 1. The van der Waals surface area contributed by atoms with E-state index in [1.54, 1.807) is 28.8 Å². The Morgan fingerprint density at radius 2 is 1.62 bits per heavy atom. The Morgan fingerprint density at radius 3 is 2.33 bits per heavy atom. The number of hydrogen-bond acceptors (Lipinski definition) is 5. The molecule has 0 radical (unpaired) electrons. The minimum absolute atomic E-state index is 0.0453. The van der Waals surface area contributed by atoms with E-state index in [4.69, 9.17) is 4.42 Å². The molecule has 1 aliphatic heterocycles. The van der Waals surface area contributed by atoms with Crippen molar-refractivity contribution >= 4 is 32.6 Å². The largest absolute Gasteiger partial charge is 0.464 e. The predicted molar refractivity (Wildman–Crippen MR) is 168 cm³/mol. The van der Waals surface area contributed by atoms with Gasteiger partial charge in [0, 0.05) is 56.8 Å². The third-order valence-corrected chi connectivity index (χ3v) is 9.70. The fourth-order valence-electron chi connectivity index (χ4n) is 5.53. The first-order valence-corrected chi connectivity index (χ1v) is 16.1. The van der Waals surface area contributed by atoms with Crippen molar-refractivity contribution in [2.75, 3.05) is 37.6 Å². The molecule has 1 aromatic heterocycles. The van der Waals surface area contributed by atoms with Crippen molar-refractivity contribution in [3.63, 3.8) is 0 Å². The average Bonchev–Trinajstić information content (AvgIpc) is 3.35. The zero-order valence-electron chi connectivity index (χ0n) is 25.0. The van der Waals surface area contributed by atoms with Gasteiger partial charge in [0.1, 0.15) is 5.58 Å². The molecular weight excluding hydrogens is 546 g/mol. The molecule has 42 heavy (non-hydrogen) atoms. The van der Waals surface area contributed by atoms with E-state index < -0.39 is 10.0 Å². The van der Waals surface area contributed by atoms with Gasteiger partial charge in [0.25, 0.3) is 0 Å². The fourth-order valence-corrected chi connectivity index (χ4v) is 6.98. The van der Waals surface area contributed by atoms with Gasteiger partial charge in [-0.15, -0.1) is 0 Å². The summed E-state index contributed by atoms with van der Waals surface area (Å²) < 4.78 is 35.5. The van der Waals surface area contributed by atoms with Crippen molar-refractivity contribution in [1.29, 1.82) is 0 Å². The molecule has 5 rings (SSSR count). The zero-order valence-corrected chi connectivity index (χ0v) is 25.9. The van der Waals surface area contributed by atoms with Crippen LogP contribution in [0, 0.1) is 12.3 Å². The van der Waals surface area contributed by atoms with E-state index >= 15 is 0 Å². The molecule has 0 unspecified atom stereocenters. The smallest absolute Gasteiger partial charge is 0.243 e. The van der Waals surface area contributed by atoms with Crippen molar-refractivity contribution in [2.24, 2.45) is 5.41 Å². The number of fused-ring (bicyclic) bond motifs is 1. The summed E-state index contributed by atoms with van der Waals surface area (Å²) in [7, 11) is -3.82. The van der Waals surface area contributed by atoms with Gasteiger partial charge in [0.15, 0.2) is 0 Å². The predicted octanol–water partition coefficient (Wildman–Crippen LogP) is 6.26. The first-order chi connectivity index (χ1) is 20.0. The Balaban J connectivity index is 1.40. The Hall–Kier alpha value is -3.62. The Morgan fingerprint density at radius 1 is 0.929 bits per heavy atom. The minimum atomic E-state index is -3.82. The van der Waals surface area contributed by atoms with Crippen molar-refractivity contribution in [1.82, 2.24) is 9.21 Å². The molecule has 1 amide bonds. The summed E-state index contributed by atoms with van der Waals surface area (Å²) in [5.41, 5.74) is 4.58. The summed E-state index contributed by atoms with van der Waals surface area (Å²) in [6, 6.07) is 23.1. The van der Waals surface area contributed by atoms with Gasteiger partial charge in [-0.3, -0.25) is 4.79 Å². The number of carbonyl (C=O) groups is 1. The van der Waals surface area contributed by atoms with Crippen LogP contribution in [0.25, 0.3) is 11.0 Å². The molecule has 0 N–H and O–H groups in total. The molecule has 3 aromatic carbocycles. The number of piperazine rings is 1. The highest BCUT2D eigenvalue weighted by molar-refractivity contribution is 7.89. The monoisotopic (exact) mass is 587 g/mol. The molecule has 1 fully saturated rings. The number of hydrogen-bond donors (Lipinski definition) is 0. The van der Waals surface area contributed by atoms with Gasteiger partial charge in [0.2, 0.25) is 15.9 Å². The van der Waals surface area contributed by atoms with Gasteiger partial charge in [-0.1, -0.05) is 69.3 Å². The van der Waals surface area contributed by atoms with Gasteiger partial charge in [-0.25, -0.2) is 8.42 Å². The van der Waals surface area contributed by atoms with Crippen molar-refractivity contribution < 1.29 is 17.6 Å². The van der Waals surface area contributed by atoms with Crippen LogP contribution < -0.4 is 4.90 Å². The SMILES string of the molecule is Cc1coc2ccc(S(=O)(=O)N(CCc3ccccc3)Cc3ccccc3N3CCN(C(=O)CC(C)(C)C)CC3)cc12. The van der Waals surface area contributed by atoms with E-state index in [1.165, 1.54) is 0 Å². The second kappa shape index (κ2) is 12.3. The van der Waals surface area contributed by atoms with Crippen molar-refractivity contribution in [3.8, 4) is 0 Å². The maximum absolute atomic E-state index is 14.2. The van der Waals surface area contributed by atoms with E-state index in [-0.39, 0.29) is 22.8 Å². The van der Waals surface area contributed by atoms with E-state index in [0.29, 0.717) is 51.1 Å². The van der Waals surface area contributed by atoms with Gasteiger partial charge in [-0.05, 0) is 59.7 Å². The normalized spacial score (nSPS) is 14.6. The molecule has 0 aliphatic carbocycles. The molecule has 7 nitrogen and oxygen atoms in total. The summed E-state index contributed by atoms with van der Waals surface area (Å²) in [4.78, 5) is 17.3. The highest BCUT2D eigenvalue weighted by atomic mass is 32.2. The van der Waals surface area contributed by atoms with Crippen LogP contribution in [0.15, 0.2) is 88.4 Å². The lowest BCUT2D eigenvalue weighted by atomic mass is 9.91. The van der Waals surface area contributed by atoms with Crippen LogP contribution in [0.2, 0.25) is 0 Å². The number of carbonyl (C=O) groups excluding carboxylic acids is 1. The number of benzene rings is 3. The van der Waals surface area contributed by atoms with E-state index in [9.17, 15) is 13.2 Å². The third kappa shape index (κ3) is 6.88. The van der Waals surface area contributed by atoms with Crippen LogP contribution in [0.1, 0.15) is 43.9 Å². The molecule has 1 saturated heterocycles. The average molecular weight is 588 g/mol. The molecule has 0 spiro atoms. The van der Waals surface area contributed by atoms with E-state index in [1.807, 2.05) is 60.4 Å². The number of rotatable bonds is 9. The topological polar surface area (TPSA) is 74.1 Å². The van der Waals surface area contributed by atoms with Gasteiger partial charge in [-0.2, -0.15) is 4.31 Å². The standard InChI is InChI=1S/C34H41N3O4S/c1-26-25-41-32-15-14-29(22-30(26)32)42(39,40)37(17-16-27-10-6-5-7-11-27)24-28-12-8-9-13-31(28)35-18-20-36(21-19-35)33(38)23-34(2,3)4/h5-15,22,25H,16-21,23-24H2,1-4H3. The lowest BCUT2D eigenvalue weighted by Crippen LogP contribution is -2.49. The molecule has 4 aromatic rings. The lowest BCUT2D eigenvalue weighted by Gasteiger charge is -2.38. The molecule has 8 heteroatoms. The van der Waals surface area contributed by atoms with Crippen molar-refractivity contribution in [2.45, 2.75) is 52.0 Å². The molecule has 222 valence electrons. The van der Waals surface area contributed by atoms with Crippen LogP contribution in [0.3, 0.4) is 0 Å². The number of aryl methyl sites for hydroxylation is 1. The summed E-state index contributed by atoms with van der Waals surface area (Å²) >= 11 is 0. The minimum Gasteiger partial charge on any atom is -0.464 e. The molecule has 0 atom stereocenters. The summed E-state index contributed by atoms with van der Waals surface area (Å²) in [6.07, 6.45) is 2.78. The maximum atomic E-state index is 14.2. The first-order valence-electron chi connectivity index (χ1n) is 14.6. The van der Waals surface area contributed by atoms with Gasteiger partial charge < -0.3 is 14.2 Å². The highest BCUT2D eigenvalue weighted by Crippen LogP contribution is 2.30. The number of sulfonamides is 1. The van der Waals surface area contributed by atoms with E-state index in [2.05, 4.69) is 31.7 Å². The quantitative estimate of drug-likeness (QED) is 0.231. The zero-order chi connectivity index (χ0) is 29.9. The van der Waals surface area contributed by atoms with Crippen LogP contribution >= 0.6 is 0 Å². The summed E-state index contributed by atoms with van der Waals surface area (Å²) in [5.74, 6) is 0.193. The molecule has 1 aliphatic rings. The lowest BCUT2D eigenvalue weighted by molar-refractivity contribution is -0.133. The van der Waals surface area contributed by atoms with Crippen LogP contribution in [-0.2, 0) is 27.8 Å². The second-order valence-corrected chi connectivity index (χ2v) is 14.3. The maximum Gasteiger partial charge on any atom is 0.243 e. The van der Waals surface area contributed by atoms with E-state index in [0.717, 1.165) is 27.8 Å². The molecular formula is C34H41N3O4S. The van der Waals surface area contributed by atoms with Gasteiger partial charge in [0.05, 0.1) is 11.2 Å². The molecule has 2 heterocycles. The third-order valence-electron chi connectivity index (χ3n) is 7.86. The van der Waals surface area contributed by atoms with Crippen LogP contribution in [0.4, 0.5) is 5.69 Å². The fraction of sp³-hybridized carbons (Fsp3) is 0.382. The first kappa shape index (κ1) is 29.9. The molecule has 0 bridgehead atoms. The summed E-state index contributed by atoms with van der Waals surface area (Å²) in [5, 5.41) is 0.804. The highest BCUT2D eigenvalue weighted by Gasteiger charge is 2.29. The summed E-state index contributed by atoms with van der Waals surface area (Å²) in [6.45, 7) is 11.5. The van der Waals surface area contributed by atoms with Crippen LogP contribution in [-0.4, -0.2) is 56.3 Å². The number of amides is 1. The number of para-hydroxylation sites is 1. The Labute approximate surface area is 249 Å². The van der Waals surface area contributed by atoms with Crippen molar-refractivity contribution in [3.05, 3.63) is 95.7 Å². The Kier molecular flexibility index (Phi) is 8.76. The molecule has 0 saturated carbocycles.